The van der Waals surface area contributed by atoms with Gasteiger partial charge in [-0.1, -0.05) is 40.5 Å². The highest BCUT2D eigenvalue weighted by molar-refractivity contribution is 5.61. The average Bonchev–Trinajstić information content (AvgIpc) is 2.95. The maximum absolute atomic E-state index is 15.6. The maximum Gasteiger partial charge on any atom is 0.385 e. The van der Waals surface area contributed by atoms with Crippen LogP contribution in [0.3, 0.4) is 0 Å². The molecule has 2 aliphatic carbocycles. The van der Waals surface area contributed by atoms with Crippen molar-refractivity contribution in [2.75, 3.05) is 11.5 Å². The molecule has 2 nitrogen and oxygen atoms in total. The van der Waals surface area contributed by atoms with Crippen LogP contribution < -0.4 is 11.5 Å². The number of hydrogen-bond acceptors (Lipinski definition) is 2. The second-order valence-electron chi connectivity index (χ2n) is 13.5. The van der Waals surface area contributed by atoms with Gasteiger partial charge < -0.3 is 11.5 Å². The number of hydrogen-bond donors (Lipinski definition) is 2. The lowest BCUT2D eigenvalue weighted by atomic mass is 9.75. The summed E-state index contributed by atoms with van der Waals surface area (Å²) in [4.78, 5) is 0. The first kappa shape index (κ1) is 38.0. The number of benzene rings is 2. The van der Waals surface area contributed by atoms with Gasteiger partial charge in [-0.25, -0.2) is 0 Å². The SMILES string of the molecule is CCC(C)c1cc(C(F)(F)C(F)(F)C(F)(F)C(F)(F)C(F)(F)C(F)(F)c2cc(C(C)CC)c(N)c(C3CCC3)c2)cc(C2CCC2)c1N. The molecule has 4 N–H and O–H groups in total. The molecule has 4 rings (SSSR count). The van der Waals surface area contributed by atoms with Crippen LogP contribution in [0.15, 0.2) is 24.3 Å². The predicted molar refractivity (Wildman–Crippen MR) is 160 cm³/mol. The molecule has 2 fully saturated rings. The van der Waals surface area contributed by atoms with Crippen molar-refractivity contribution in [3.63, 3.8) is 0 Å². The molecule has 48 heavy (non-hydrogen) atoms. The summed E-state index contributed by atoms with van der Waals surface area (Å²) >= 11 is 0. The normalized spacial score (nSPS) is 18.8. The molecule has 2 aliphatic rings. The number of nitrogens with two attached hydrogens (primary N) is 2. The third kappa shape index (κ3) is 5.51. The molecule has 0 aromatic heterocycles. The van der Waals surface area contributed by atoms with Gasteiger partial charge in [0.05, 0.1) is 0 Å². The van der Waals surface area contributed by atoms with E-state index >= 15 is 52.7 Å². The fourth-order valence-corrected chi connectivity index (χ4v) is 6.28. The summed E-state index contributed by atoms with van der Waals surface area (Å²) < 4.78 is 184. The van der Waals surface area contributed by atoms with Crippen LogP contribution in [-0.4, -0.2) is 23.7 Å². The third-order valence-electron chi connectivity index (χ3n) is 10.6. The van der Waals surface area contributed by atoms with E-state index in [-0.39, 0.29) is 46.5 Å². The third-order valence-corrected chi connectivity index (χ3v) is 10.6. The first-order valence-electron chi connectivity index (χ1n) is 16.1. The molecule has 14 heteroatoms. The largest absolute Gasteiger partial charge is 0.398 e. The molecule has 0 radical (unpaired) electrons. The van der Waals surface area contributed by atoms with Crippen molar-refractivity contribution in [3.8, 4) is 0 Å². The van der Waals surface area contributed by atoms with E-state index in [0.717, 1.165) is 0 Å². The van der Waals surface area contributed by atoms with Crippen LogP contribution in [0.1, 0.15) is 136 Å². The zero-order valence-corrected chi connectivity index (χ0v) is 27.0. The van der Waals surface area contributed by atoms with E-state index in [2.05, 4.69) is 0 Å². The second kappa shape index (κ2) is 12.5. The minimum absolute atomic E-state index is 0.0679. The van der Waals surface area contributed by atoms with Crippen molar-refractivity contribution >= 4 is 11.4 Å². The monoisotopic (exact) mass is 704 g/mol. The van der Waals surface area contributed by atoms with E-state index in [9.17, 15) is 0 Å². The van der Waals surface area contributed by atoms with Crippen LogP contribution >= 0.6 is 0 Å². The molecule has 2 saturated carbocycles. The number of halogens is 12. The molecule has 270 valence electrons. The average molecular weight is 705 g/mol. The smallest absolute Gasteiger partial charge is 0.385 e. The zero-order valence-electron chi connectivity index (χ0n) is 27.0. The van der Waals surface area contributed by atoms with Crippen LogP contribution in [0, 0.1) is 0 Å². The predicted octanol–water partition coefficient (Wildman–Crippen LogP) is 11.8. The minimum Gasteiger partial charge on any atom is -0.398 e. The quantitative estimate of drug-likeness (QED) is 0.161. The lowest BCUT2D eigenvalue weighted by Crippen LogP contribution is -2.69. The van der Waals surface area contributed by atoms with Crippen molar-refractivity contribution in [1.29, 1.82) is 0 Å². The van der Waals surface area contributed by atoms with Crippen LogP contribution in [0.2, 0.25) is 0 Å². The van der Waals surface area contributed by atoms with E-state index in [4.69, 9.17) is 11.5 Å². The highest BCUT2D eigenvalue weighted by Crippen LogP contribution is 2.64. The van der Waals surface area contributed by atoms with Crippen LogP contribution in [0.25, 0.3) is 0 Å². The first-order valence-corrected chi connectivity index (χ1v) is 16.1. The van der Waals surface area contributed by atoms with Crippen LogP contribution in [0.4, 0.5) is 64.1 Å². The van der Waals surface area contributed by atoms with Crippen molar-refractivity contribution in [3.05, 3.63) is 57.6 Å². The standard InChI is InChI=1S/C34H40F12N2/c1-5-17(3)23-13-21(15-25(27(23)47)19-9-7-10-19)29(35,36)31(39,40)33(43,44)34(45,46)32(41,42)30(37,38)22-14-24(18(4)6-2)28(48)26(16-22)20-11-8-12-20/h13-20H,5-12,47-48H2,1-4H3. The summed E-state index contributed by atoms with van der Waals surface area (Å²) in [5, 5.41) is 0. The lowest BCUT2D eigenvalue weighted by molar-refractivity contribution is -0.429. The van der Waals surface area contributed by atoms with E-state index in [1.165, 1.54) is 13.8 Å². The van der Waals surface area contributed by atoms with Crippen molar-refractivity contribution in [2.45, 2.75) is 138 Å². The fraction of sp³-hybridized carbons (Fsp3) is 0.647. The number of rotatable bonds is 13. The summed E-state index contributed by atoms with van der Waals surface area (Å²) in [6.45, 7) is 6.13. The van der Waals surface area contributed by atoms with Gasteiger partial charge in [-0.2, -0.15) is 52.7 Å². The molecule has 0 amide bonds. The van der Waals surface area contributed by atoms with Crippen molar-refractivity contribution < 1.29 is 52.7 Å². The summed E-state index contributed by atoms with van der Waals surface area (Å²) in [7, 11) is 0. The molecule has 2 unspecified atom stereocenters. The Labute approximate surface area is 271 Å². The fourth-order valence-electron chi connectivity index (χ4n) is 6.28. The van der Waals surface area contributed by atoms with Gasteiger partial charge in [0.1, 0.15) is 0 Å². The molecule has 2 aromatic rings. The van der Waals surface area contributed by atoms with E-state index in [1.807, 2.05) is 0 Å². The Morgan fingerprint density at radius 1 is 0.542 bits per heavy atom. The van der Waals surface area contributed by atoms with Gasteiger partial charge in [0.2, 0.25) is 0 Å². The first-order chi connectivity index (χ1) is 21.9. The maximum atomic E-state index is 15.6. The summed E-state index contributed by atoms with van der Waals surface area (Å²) in [5.41, 5.74) is 7.84. The van der Waals surface area contributed by atoms with Crippen molar-refractivity contribution in [2.24, 2.45) is 0 Å². The van der Waals surface area contributed by atoms with Crippen LogP contribution in [0.5, 0.6) is 0 Å². The summed E-state index contributed by atoms with van der Waals surface area (Å²) in [6.07, 6.45) is 3.22. The molecule has 2 atom stereocenters. The van der Waals surface area contributed by atoms with Gasteiger partial charge >= 0.3 is 35.5 Å². The number of alkyl halides is 12. The Morgan fingerprint density at radius 2 is 0.833 bits per heavy atom. The Morgan fingerprint density at radius 3 is 1.06 bits per heavy atom. The van der Waals surface area contributed by atoms with Gasteiger partial charge in [0, 0.05) is 22.5 Å². The van der Waals surface area contributed by atoms with Gasteiger partial charge in [0.15, 0.2) is 0 Å². The molecular weight excluding hydrogens is 664 g/mol. The highest BCUT2D eigenvalue weighted by atomic mass is 19.4. The molecule has 0 bridgehead atoms. The highest BCUT2D eigenvalue weighted by Gasteiger charge is 2.90. The van der Waals surface area contributed by atoms with E-state index in [1.54, 1.807) is 13.8 Å². The molecule has 2 aromatic carbocycles. The molecular formula is C34H40F12N2. The molecule has 0 heterocycles. The zero-order chi connectivity index (χ0) is 36.4. The minimum atomic E-state index is -7.70. The van der Waals surface area contributed by atoms with E-state index < -0.39 is 70.3 Å². The topological polar surface area (TPSA) is 52.0 Å². The Hall–Kier alpha value is -2.80. The Kier molecular flexibility index (Phi) is 9.91. The molecule has 0 saturated heterocycles. The van der Waals surface area contributed by atoms with E-state index in [0.29, 0.717) is 62.8 Å². The number of anilines is 2. The Balaban J connectivity index is 1.83. The molecule has 0 spiro atoms. The second-order valence-corrected chi connectivity index (χ2v) is 13.5. The van der Waals surface area contributed by atoms with Gasteiger partial charge in [-0.05, 0) is 109 Å². The lowest BCUT2D eigenvalue weighted by Gasteiger charge is -2.42. The summed E-state index contributed by atoms with van der Waals surface area (Å²) in [6, 6.07) is 1.47. The molecule has 0 aliphatic heterocycles. The summed E-state index contributed by atoms with van der Waals surface area (Å²) in [5.74, 6) is -44.8. The number of nitrogen functional groups attached to an aromatic ring is 2. The van der Waals surface area contributed by atoms with Crippen molar-refractivity contribution in [1.82, 2.24) is 0 Å². The van der Waals surface area contributed by atoms with Gasteiger partial charge in [-0.15, -0.1) is 0 Å². The van der Waals surface area contributed by atoms with Crippen LogP contribution in [-0.2, 0) is 11.8 Å². The Bertz CT molecular complexity index is 1330. The van der Waals surface area contributed by atoms with Gasteiger partial charge in [0.25, 0.3) is 0 Å². The van der Waals surface area contributed by atoms with Gasteiger partial charge in [-0.3, -0.25) is 0 Å².